The molecule has 0 saturated heterocycles. The van der Waals surface area contributed by atoms with Crippen LogP contribution in [0.4, 0.5) is 5.69 Å². The maximum absolute atomic E-state index is 12.8. The van der Waals surface area contributed by atoms with Crippen LogP contribution in [0.1, 0.15) is 5.56 Å². The summed E-state index contributed by atoms with van der Waals surface area (Å²) in [7, 11) is -3.74. The minimum atomic E-state index is -3.74. The molecule has 0 amide bonds. The Balaban J connectivity index is 2.00. The first-order chi connectivity index (χ1) is 11.6. The van der Waals surface area contributed by atoms with Crippen molar-refractivity contribution in [2.75, 3.05) is 4.72 Å². The van der Waals surface area contributed by atoms with Crippen molar-refractivity contribution in [1.29, 1.82) is 5.26 Å². The molecule has 1 N–H and O–H groups in total. The SMILES string of the molecule is N#Cc1ccc(NS(=O)(=O)c2ccccc2-c2ccccc2)cc1. The molecule has 3 aromatic carbocycles. The van der Waals surface area contributed by atoms with E-state index < -0.39 is 10.0 Å². The summed E-state index contributed by atoms with van der Waals surface area (Å²) < 4.78 is 28.1. The predicted octanol–water partition coefficient (Wildman–Crippen LogP) is 4.03. The van der Waals surface area contributed by atoms with Gasteiger partial charge in [0.1, 0.15) is 0 Å². The smallest absolute Gasteiger partial charge is 0.262 e. The number of anilines is 1. The van der Waals surface area contributed by atoms with Gasteiger partial charge in [0.05, 0.1) is 16.5 Å². The zero-order valence-electron chi connectivity index (χ0n) is 12.7. The Labute approximate surface area is 141 Å². The average Bonchev–Trinajstić information content (AvgIpc) is 2.63. The summed E-state index contributed by atoms with van der Waals surface area (Å²) in [6, 6.07) is 24.5. The van der Waals surface area contributed by atoms with Crippen LogP contribution in [0.2, 0.25) is 0 Å². The van der Waals surface area contributed by atoms with Gasteiger partial charge in [-0.3, -0.25) is 4.72 Å². The molecule has 0 bridgehead atoms. The third-order valence-electron chi connectivity index (χ3n) is 3.53. The van der Waals surface area contributed by atoms with Crippen LogP contribution < -0.4 is 4.72 Å². The molecule has 0 atom stereocenters. The number of rotatable bonds is 4. The predicted molar refractivity (Wildman–Crippen MR) is 93.8 cm³/mol. The van der Waals surface area contributed by atoms with Crippen LogP contribution in [0.25, 0.3) is 11.1 Å². The van der Waals surface area contributed by atoms with Gasteiger partial charge in [0.25, 0.3) is 10.0 Å². The van der Waals surface area contributed by atoms with Crippen molar-refractivity contribution in [3.8, 4) is 17.2 Å². The average molecular weight is 334 g/mol. The highest BCUT2D eigenvalue weighted by atomic mass is 32.2. The largest absolute Gasteiger partial charge is 0.280 e. The highest BCUT2D eigenvalue weighted by Gasteiger charge is 2.19. The fraction of sp³-hybridized carbons (Fsp3) is 0. The molecule has 0 aliphatic carbocycles. The molecule has 4 nitrogen and oxygen atoms in total. The van der Waals surface area contributed by atoms with Gasteiger partial charge in [-0.15, -0.1) is 0 Å². The van der Waals surface area contributed by atoms with Gasteiger partial charge in [0.2, 0.25) is 0 Å². The lowest BCUT2D eigenvalue weighted by molar-refractivity contribution is 0.601. The van der Waals surface area contributed by atoms with E-state index in [1.165, 1.54) is 0 Å². The fourth-order valence-corrected chi connectivity index (χ4v) is 3.67. The van der Waals surface area contributed by atoms with Crippen molar-refractivity contribution >= 4 is 15.7 Å². The first-order valence-corrected chi connectivity index (χ1v) is 8.76. The molecule has 0 aliphatic heterocycles. The zero-order chi connectivity index (χ0) is 17.0. The normalized spacial score (nSPS) is 10.8. The van der Waals surface area contributed by atoms with Crippen LogP contribution in [0.5, 0.6) is 0 Å². The molecule has 118 valence electrons. The van der Waals surface area contributed by atoms with Crippen molar-refractivity contribution in [2.24, 2.45) is 0 Å². The molecular formula is C19H14N2O2S. The molecule has 0 unspecified atom stereocenters. The van der Waals surface area contributed by atoms with E-state index in [0.717, 1.165) is 5.56 Å². The topological polar surface area (TPSA) is 70.0 Å². The second-order valence-corrected chi connectivity index (χ2v) is 6.81. The van der Waals surface area contributed by atoms with Gasteiger partial charge >= 0.3 is 0 Å². The van der Waals surface area contributed by atoms with Crippen molar-refractivity contribution in [1.82, 2.24) is 0 Å². The van der Waals surface area contributed by atoms with E-state index in [4.69, 9.17) is 5.26 Å². The molecule has 5 heteroatoms. The van der Waals surface area contributed by atoms with E-state index in [1.807, 2.05) is 42.5 Å². The minimum Gasteiger partial charge on any atom is -0.280 e. The van der Waals surface area contributed by atoms with Crippen molar-refractivity contribution in [3.63, 3.8) is 0 Å². The van der Waals surface area contributed by atoms with Gasteiger partial charge < -0.3 is 0 Å². The molecule has 3 rings (SSSR count). The lowest BCUT2D eigenvalue weighted by Gasteiger charge is -2.12. The minimum absolute atomic E-state index is 0.209. The fourth-order valence-electron chi connectivity index (χ4n) is 2.38. The summed E-state index contributed by atoms with van der Waals surface area (Å²) in [6.07, 6.45) is 0. The zero-order valence-corrected chi connectivity index (χ0v) is 13.5. The summed E-state index contributed by atoms with van der Waals surface area (Å²) >= 11 is 0. The summed E-state index contributed by atoms with van der Waals surface area (Å²) in [5, 5.41) is 8.81. The van der Waals surface area contributed by atoms with Gasteiger partial charge in [0, 0.05) is 11.3 Å². The monoisotopic (exact) mass is 334 g/mol. The van der Waals surface area contributed by atoms with Crippen LogP contribution >= 0.6 is 0 Å². The third-order valence-corrected chi connectivity index (χ3v) is 4.97. The van der Waals surface area contributed by atoms with E-state index in [1.54, 1.807) is 42.5 Å². The Bertz CT molecular complexity index is 990. The molecule has 0 heterocycles. The van der Waals surface area contributed by atoms with Crippen LogP contribution in [-0.2, 0) is 10.0 Å². The van der Waals surface area contributed by atoms with E-state index in [2.05, 4.69) is 4.72 Å². The van der Waals surface area contributed by atoms with Crippen molar-refractivity contribution in [2.45, 2.75) is 4.90 Å². The molecular weight excluding hydrogens is 320 g/mol. The lowest BCUT2D eigenvalue weighted by Crippen LogP contribution is -2.14. The first-order valence-electron chi connectivity index (χ1n) is 7.27. The van der Waals surface area contributed by atoms with Gasteiger partial charge in [-0.25, -0.2) is 8.42 Å². The summed E-state index contributed by atoms with van der Waals surface area (Å²) in [6.45, 7) is 0. The number of hydrogen-bond acceptors (Lipinski definition) is 3. The second kappa shape index (κ2) is 6.57. The number of benzene rings is 3. The van der Waals surface area contributed by atoms with Crippen LogP contribution in [0.15, 0.2) is 83.8 Å². The molecule has 3 aromatic rings. The number of hydrogen-bond donors (Lipinski definition) is 1. The Kier molecular flexibility index (Phi) is 4.32. The van der Waals surface area contributed by atoms with Gasteiger partial charge in [-0.05, 0) is 35.9 Å². The lowest BCUT2D eigenvalue weighted by atomic mass is 10.1. The summed E-state index contributed by atoms with van der Waals surface area (Å²) in [5.41, 5.74) is 2.36. The van der Waals surface area contributed by atoms with Gasteiger partial charge in [-0.2, -0.15) is 5.26 Å². The van der Waals surface area contributed by atoms with Crippen molar-refractivity contribution in [3.05, 3.63) is 84.4 Å². The second-order valence-electron chi connectivity index (χ2n) is 5.16. The van der Waals surface area contributed by atoms with Crippen LogP contribution in [-0.4, -0.2) is 8.42 Å². The molecule has 0 aromatic heterocycles. The van der Waals surface area contributed by atoms with E-state index in [-0.39, 0.29) is 4.90 Å². The number of nitrogens with one attached hydrogen (secondary N) is 1. The number of sulfonamides is 1. The van der Waals surface area contributed by atoms with Crippen molar-refractivity contribution < 1.29 is 8.42 Å². The van der Waals surface area contributed by atoms with Gasteiger partial charge in [-0.1, -0.05) is 48.5 Å². The number of nitrogens with zero attached hydrogens (tertiary/aromatic N) is 1. The first kappa shape index (κ1) is 15.8. The highest BCUT2D eigenvalue weighted by Crippen LogP contribution is 2.28. The Hall–Kier alpha value is -3.10. The highest BCUT2D eigenvalue weighted by molar-refractivity contribution is 7.92. The third kappa shape index (κ3) is 3.29. The van der Waals surface area contributed by atoms with E-state index in [0.29, 0.717) is 16.8 Å². The van der Waals surface area contributed by atoms with Gasteiger partial charge in [0.15, 0.2) is 0 Å². The quantitative estimate of drug-likeness (QED) is 0.783. The summed E-state index contributed by atoms with van der Waals surface area (Å²) in [4.78, 5) is 0.209. The summed E-state index contributed by atoms with van der Waals surface area (Å²) in [5.74, 6) is 0. The molecule has 0 fully saturated rings. The maximum Gasteiger partial charge on any atom is 0.262 e. The van der Waals surface area contributed by atoms with E-state index in [9.17, 15) is 8.42 Å². The van der Waals surface area contributed by atoms with Crippen LogP contribution in [0.3, 0.4) is 0 Å². The maximum atomic E-state index is 12.8. The standard InChI is InChI=1S/C19H14N2O2S/c20-14-15-10-12-17(13-11-15)21-24(22,23)19-9-5-4-8-18(19)16-6-2-1-3-7-16/h1-13,21H. The molecule has 0 spiro atoms. The molecule has 0 radical (unpaired) electrons. The molecule has 24 heavy (non-hydrogen) atoms. The Morgan fingerprint density at radius 3 is 2.08 bits per heavy atom. The Morgan fingerprint density at radius 1 is 0.792 bits per heavy atom. The van der Waals surface area contributed by atoms with Crippen LogP contribution in [0, 0.1) is 11.3 Å². The van der Waals surface area contributed by atoms with E-state index >= 15 is 0 Å². The molecule has 0 saturated carbocycles. The molecule has 0 aliphatic rings. The Morgan fingerprint density at radius 2 is 1.42 bits per heavy atom. The number of nitriles is 1.